The van der Waals surface area contributed by atoms with Crippen LogP contribution in [0.2, 0.25) is 0 Å². The predicted octanol–water partition coefficient (Wildman–Crippen LogP) is 2.54. The molecule has 0 radical (unpaired) electrons. The fourth-order valence-electron chi connectivity index (χ4n) is 2.76. The number of aromatic amines is 1. The second-order valence-electron chi connectivity index (χ2n) is 5.94. The molecule has 0 spiro atoms. The lowest BCUT2D eigenvalue weighted by Crippen LogP contribution is -2.26. The van der Waals surface area contributed by atoms with E-state index < -0.39 is 0 Å². The van der Waals surface area contributed by atoms with Crippen LogP contribution in [0.1, 0.15) is 28.9 Å². The number of aryl methyl sites for hydroxylation is 1. The molecular formula is C17H23ClN4O. The average molecular weight is 335 g/mol. The van der Waals surface area contributed by atoms with Crippen LogP contribution in [0.5, 0.6) is 0 Å². The first-order valence-electron chi connectivity index (χ1n) is 7.84. The Balaban J connectivity index is 0.00000192. The number of hydrogen-bond donors (Lipinski definition) is 3. The van der Waals surface area contributed by atoms with Gasteiger partial charge in [0, 0.05) is 12.1 Å². The fourth-order valence-corrected chi connectivity index (χ4v) is 2.76. The van der Waals surface area contributed by atoms with E-state index in [1.807, 2.05) is 31.2 Å². The van der Waals surface area contributed by atoms with Gasteiger partial charge in [0.1, 0.15) is 5.69 Å². The highest BCUT2D eigenvalue weighted by Gasteiger charge is 2.15. The van der Waals surface area contributed by atoms with Gasteiger partial charge in [0.25, 0.3) is 5.91 Å². The van der Waals surface area contributed by atoms with E-state index in [1.54, 1.807) is 6.07 Å². The van der Waals surface area contributed by atoms with Gasteiger partial charge >= 0.3 is 0 Å². The number of aromatic nitrogens is 2. The van der Waals surface area contributed by atoms with E-state index in [0.717, 1.165) is 30.8 Å². The summed E-state index contributed by atoms with van der Waals surface area (Å²) in [5, 5.41) is 13.4. The Labute approximate surface area is 142 Å². The van der Waals surface area contributed by atoms with Gasteiger partial charge in [-0.25, -0.2) is 0 Å². The molecule has 1 atom stereocenters. The maximum absolute atomic E-state index is 12.1. The summed E-state index contributed by atoms with van der Waals surface area (Å²) in [6, 6.07) is 9.91. The first-order chi connectivity index (χ1) is 10.7. The normalized spacial score (nSPS) is 16.8. The minimum absolute atomic E-state index is 0. The van der Waals surface area contributed by atoms with Gasteiger partial charge in [-0.1, -0.05) is 29.8 Å². The summed E-state index contributed by atoms with van der Waals surface area (Å²) in [6.45, 7) is 4.92. The summed E-state index contributed by atoms with van der Waals surface area (Å²) >= 11 is 0. The number of amides is 1. The molecule has 1 aliphatic rings. The third-order valence-corrected chi connectivity index (χ3v) is 4.17. The van der Waals surface area contributed by atoms with Gasteiger partial charge in [-0.15, -0.1) is 12.4 Å². The third-order valence-electron chi connectivity index (χ3n) is 4.17. The van der Waals surface area contributed by atoms with Crippen molar-refractivity contribution in [1.82, 2.24) is 20.8 Å². The lowest BCUT2D eigenvalue weighted by Gasteiger charge is -2.08. The number of carbonyl (C=O) groups excluding carboxylic acids is 1. The number of nitrogens with zero attached hydrogens (tertiary/aromatic N) is 1. The van der Waals surface area contributed by atoms with Crippen LogP contribution in [0.3, 0.4) is 0 Å². The zero-order valence-corrected chi connectivity index (χ0v) is 14.1. The van der Waals surface area contributed by atoms with Crippen molar-refractivity contribution >= 4 is 18.3 Å². The summed E-state index contributed by atoms with van der Waals surface area (Å²) in [7, 11) is 0. The predicted molar refractivity (Wildman–Crippen MR) is 93.9 cm³/mol. The molecular weight excluding hydrogens is 312 g/mol. The number of halogens is 1. The molecule has 0 bridgehead atoms. The molecule has 0 saturated carbocycles. The topological polar surface area (TPSA) is 69.8 Å². The zero-order chi connectivity index (χ0) is 15.4. The summed E-state index contributed by atoms with van der Waals surface area (Å²) < 4.78 is 0. The molecule has 1 aromatic carbocycles. The Morgan fingerprint density at radius 1 is 1.35 bits per heavy atom. The highest BCUT2D eigenvalue weighted by molar-refractivity contribution is 5.93. The van der Waals surface area contributed by atoms with Crippen LogP contribution >= 0.6 is 12.4 Å². The van der Waals surface area contributed by atoms with Crippen molar-refractivity contribution in [2.45, 2.75) is 19.8 Å². The van der Waals surface area contributed by atoms with E-state index in [0.29, 0.717) is 18.2 Å². The number of carbonyl (C=O) groups is 1. The maximum atomic E-state index is 12.1. The van der Waals surface area contributed by atoms with E-state index in [4.69, 9.17) is 0 Å². The van der Waals surface area contributed by atoms with Gasteiger partial charge < -0.3 is 10.6 Å². The summed E-state index contributed by atoms with van der Waals surface area (Å²) in [4.78, 5) is 12.1. The van der Waals surface area contributed by atoms with Crippen molar-refractivity contribution in [1.29, 1.82) is 0 Å². The van der Waals surface area contributed by atoms with Crippen LogP contribution in [-0.4, -0.2) is 35.7 Å². The van der Waals surface area contributed by atoms with Gasteiger partial charge in [-0.05, 0) is 44.8 Å². The van der Waals surface area contributed by atoms with Gasteiger partial charge in [-0.3, -0.25) is 9.89 Å². The Bertz CT molecular complexity index is 632. The third kappa shape index (κ3) is 4.56. The molecule has 1 unspecified atom stereocenters. The Morgan fingerprint density at radius 2 is 2.13 bits per heavy atom. The van der Waals surface area contributed by atoms with Gasteiger partial charge in [0.15, 0.2) is 0 Å². The lowest BCUT2D eigenvalue weighted by molar-refractivity contribution is 0.0946. The molecule has 3 rings (SSSR count). The van der Waals surface area contributed by atoms with E-state index >= 15 is 0 Å². The van der Waals surface area contributed by atoms with Crippen molar-refractivity contribution in [2.24, 2.45) is 5.92 Å². The summed E-state index contributed by atoms with van der Waals surface area (Å²) in [5.41, 5.74) is 3.53. The number of benzene rings is 1. The zero-order valence-electron chi connectivity index (χ0n) is 13.3. The second-order valence-corrected chi connectivity index (χ2v) is 5.94. The van der Waals surface area contributed by atoms with Gasteiger partial charge in [-0.2, -0.15) is 5.10 Å². The SMILES string of the molecule is Cc1ccc(-c2cc(C(=O)NCCC3CCNC3)[nH]n2)cc1.Cl. The monoisotopic (exact) mass is 334 g/mol. The number of rotatable bonds is 5. The molecule has 3 N–H and O–H groups in total. The molecule has 1 fully saturated rings. The van der Waals surface area contributed by atoms with E-state index in [9.17, 15) is 4.79 Å². The molecule has 1 aliphatic heterocycles. The quantitative estimate of drug-likeness (QED) is 0.787. The fraction of sp³-hybridized carbons (Fsp3) is 0.412. The van der Waals surface area contributed by atoms with Crippen LogP contribution in [-0.2, 0) is 0 Å². The van der Waals surface area contributed by atoms with Crippen LogP contribution in [0.15, 0.2) is 30.3 Å². The second kappa shape index (κ2) is 8.13. The van der Waals surface area contributed by atoms with Crippen LogP contribution in [0.25, 0.3) is 11.3 Å². The van der Waals surface area contributed by atoms with Crippen molar-refractivity contribution in [3.8, 4) is 11.3 Å². The Morgan fingerprint density at radius 3 is 2.83 bits per heavy atom. The molecule has 1 amide bonds. The lowest BCUT2D eigenvalue weighted by atomic mass is 10.1. The highest BCUT2D eigenvalue weighted by Crippen LogP contribution is 2.18. The summed E-state index contributed by atoms with van der Waals surface area (Å²) in [5.74, 6) is 0.599. The van der Waals surface area contributed by atoms with Crippen molar-refractivity contribution < 1.29 is 4.79 Å². The standard InChI is InChI=1S/C17H22N4O.ClH/c1-12-2-4-14(5-3-12)15-10-16(21-20-15)17(22)19-9-7-13-6-8-18-11-13;/h2-5,10,13,18H,6-9,11H2,1H3,(H,19,22)(H,20,21);1H. The maximum Gasteiger partial charge on any atom is 0.269 e. The van der Waals surface area contributed by atoms with Gasteiger partial charge in [0.2, 0.25) is 0 Å². The van der Waals surface area contributed by atoms with Crippen molar-refractivity contribution in [2.75, 3.05) is 19.6 Å². The smallest absolute Gasteiger partial charge is 0.269 e. The number of hydrogen-bond acceptors (Lipinski definition) is 3. The molecule has 6 heteroatoms. The van der Waals surface area contributed by atoms with Crippen molar-refractivity contribution in [3.63, 3.8) is 0 Å². The highest BCUT2D eigenvalue weighted by atomic mass is 35.5. The molecule has 5 nitrogen and oxygen atoms in total. The average Bonchev–Trinajstić information content (AvgIpc) is 3.19. The molecule has 2 heterocycles. The van der Waals surface area contributed by atoms with Crippen LogP contribution < -0.4 is 10.6 Å². The minimum atomic E-state index is -0.0863. The molecule has 1 aromatic heterocycles. The van der Waals surface area contributed by atoms with Crippen molar-refractivity contribution in [3.05, 3.63) is 41.6 Å². The van der Waals surface area contributed by atoms with E-state index in [1.165, 1.54) is 12.0 Å². The number of nitrogens with one attached hydrogen (secondary N) is 3. The number of H-pyrrole nitrogens is 1. The Kier molecular flexibility index (Phi) is 6.19. The molecule has 23 heavy (non-hydrogen) atoms. The first kappa shape index (κ1) is 17.5. The molecule has 2 aromatic rings. The van der Waals surface area contributed by atoms with Crippen LogP contribution in [0.4, 0.5) is 0 Å². The Hall–Kier alpha value is -1.85. The first-order valence-corrected chi connectivity index (χ1v) is 7.84. The van der Waals surface area contributed by atoms with E-state index in [2.05, 4.69) is 20.8 Å². The minimum Gasteiger partial charge on any atom is -0.351 e. The largest absolute Gasteiger partial charge is 0.351 e. The van der Waals surface area contributed by atoms with E-state index in [-0.39, 0.29) is 18.3 Å². The molecule has 1 saturated heterocycles. The molecule has 124 valence electrons. The molecule has 0 aliphatic carbocycles. The van der Waals surface area contributed by atoms with Gasteiger partial charge in [0.05, 0.1) is 5.69 Å². The van der Waals surface area contributed by atoms with Crippen LogP contribution in [0, 0.1) is 12.8 Å². The summed E-state index contributed by atoms with van der Waals surface area (Å²) in [6.07, 6.45) is 2.23.